The van der Waals surface area contributed by atoms with E-state index < -0.39 is 30.0 Å². The molecule has 5 nitrogen and oxygen atoms in total. The van der Waals surface area contributed by atoms with Crippen molar-refractivity contribution in [3.63, 3.8) is 0 Å². The summed E-state index contributed by atoms with van der Waals surface area (Å²) in [6, 6.07) is 7.37. The van der Waals surface area contributed by atoms with E-state index in [0.29, 0.717) is 22.5 Å². The maximum atomic E-state index is 13.9. The van der Waals surface area contributed by atoms with Gasteiger partial charge in [-0.05, 0) is 30.3 Å². The number of benzene rings is 2. The molecule has 0 spiro atoms. The van der Waals surface area contributed by atoms with Crippen LogP contribution in [0.1, 0.15) is 6.92 Å². The van der Waals surface area contributed by atoms with E-state index in [1.165, 1.54) is 20.1 Å². The van der Waals surface area contributed by atoms with E-state index in [2.05, 4.69) is 5.32 Å². The maximum absolute atomic E-state index is 13.9. The van der Waals surface area contributed by atoms with E-state index in [1.807, 2.05) is 0 Å². The molecule has 2 amide bonds. The monoisotopic (exact) mass is 368 g/mol. The normalized spacial score (nSPS) is 10.3. The molecule has 25 heavy (non-hydrogen) atoms. The number of nitrogens with zero attached hydrogens (tertiary/aromatic N) is 1. The van der Waals surface area contributed by atoms with Crippen molar-refractivity contribution in [3.05, 3.63) is 53.1 Å². The summed E-state index contributed by atoms with van der Waals surface area (Å²) >= 11 is 5.97. The molecule has 0 saturated heterocycles. The summed E-state index contributed by atoms with van der Waals surface area (Å²) in [5, 5.41) is 2.85. The predicted octanol–water partition coefficient (Wildman–Crippen LogP) is 3.62. The predicted molar refractivity (Wildman–Crippen MR) is 91.0 cm³/mol. The first-order valence-corrected chi connectivity index (χ1v) is 7.56. The highest BCUT2D eigenvalue weighted by molar-refractivity contribution is 6.32. The highest BCUT2D eigenvalue weighted by Crippen LogP contribution is 2.27. The summed E-state index contributed by atoms with van der Waals surface area (Å²) in [6.45, 7) is 0.738. The average Bonchev–Trinajstić information content (AvgIpc) is 2.53. The van der Waals surface area contributed by atoms with E-state index in [0.717, 1.165) is 17.0 Å². The van der Waals surface area contributed by atoms with Crippen LogP contribution in [-0.4, -0.2) is 25.5 Å². The number of carbonyl (C=O) groups is 2. The van der Waals surface area contributed by atoms with Gasteiger partial charge < -0.3 is 15.0 Å². The number of halogens is 3. The van der Waals surface area contributed by atoms with Gasteiger partial charge in [0.1, 0.15) is 23.9 Å². The first kappa shape index (κ1) is 18.7. The van der Waals surface area contributed by atoms with E-state index in [-0.39, 0.29) is 5.69 Å². The average molecular weight is 369 g/mol. The molecule has 1 N–H and O–H groups in total. The van der Waals surface area contributed by atoms with Gasteiger partial charge in [0.05, 0.1) is 17.8 Å². The number of hydrogen-bond donors (Lipinski definition) is 1. The summed E-state index contributed by atoms with van der Waals surface area (Å²) < 4.78 is 31.9. The molecule has 132 valence electrons. The van der Waals surface area contributed by atoms with Gasteiger partial charge in [-0.15, -0.1) is 0 Å². The Hall–Kier alpha value is -2.67. The molecule has 0 aliphatic rings. The molecule has 2 rings (SSSR count). The molecule has 0 saturated carbocycles. The molecule has 0 aliphatic carbocycles. The number of anilines is 2. The van der Waals surface area contributed by atoms with Gasteiger partial charge >= 0.3 is 0 Å². The number of hydrogen-bond acceptors (Lipinski definition) is 3. The van der Waals surface area contributed by atoms with Gasteiger partial charge in [0.25, 0.3) is 0 Å². The van der Waals surface area contributed by atoms with E-state index in [4.69, 9.17) is 16.3 Å². The Labute approximate surface area is 148 Å². The molecule has 2 aromatic carbocycles. The minimum Gasteiger partial charge on any atom is -0.495 e. The van der Waals surface area contributed by atoms with Crippen LogP contribution in [0.4, 0.5) is 20.2 Å². The molecule has 0 fully saturated rings. The standard InChI is InChI=1S/C17H15ClF2N2O3/c1-10(23)22(15-5-3-11(19)7-14(15)20)9-17(24)21-12-4-6-16(25-2)13(18)8-12/h3-8H,9H2,1-2H3,(H,21,24). The van der Waals surface area contributed by atoms with Crippen molar-refractivity contribution < 1.29 is 23.1 Å². The van der Waals surface area contributed by atoms with Crippen LogP contribution in [0, 0.1) is 11.6 Å². The zero-order valence-electron chi connectivity index (χ0n) is 13.5. The second-order valence-electron chi connectivity index (χ2n) is 5.10. The molecular formula is C17H15ClF2N2O3. The molecule has 0 radical (unpaired) electrons. The lowest BCUT2D eigenvalue weighted by Crippen LogP contribution is -2.37. The van der Waals surface area contributed by atoms with Gasteiger partial charge in [-0.3, -0.25) is 9.59 Å². The number of carbonyl (C=O) groups excluding carboxylic acids is 2. The van der Waals surface area contributed by atoms with Crippen molar-refractivity contribution in [3.8, 4) is 5.75 Å². The van der Waals surface area contributed by atoms with Crippen molar-refractivity contribution in [2.75, 3.05) is 23.9 Å². The quantitative estimate of drug-likeness (QED) is 0.877. The van der Waals surface area contributed by atoms with E-state index in [9.17, 15) is 18.4 Å². The lowest BCUT2D eigenvalue weighted by Gasteiger charge is -2.21. The second-order valence-corrected chi connectivity index (χ2v) is 5.51. The van der Waals surface area contributed by atoms with Crippen molar-refractivity contribution in [1.29, 1.82) is 0 Å². The lowest BCUT2D eigenvalue weighted by atomic mass is 10.2. The number of rotatable bonds is 5. The van der Waals surface area contributed by atoms with Gasteiger partial charge in [-0.1, -0.05) is 11.6 Å². The van der Waals surface area contributed by atoms with Gasteiger partial charge in [-0.25, -0.2) is 8.78 Å². The van der Waals surface area contributed by atoms with Crippen LogP contribution < -0.4 is 15.0 Å². The largest absolute Gasteiger partial charge is 0.495 e. The lowest BCUT2D eigenvalue weighted by molar-refractivity contribution is -0.120. The Balaban J connectivity index is 2.15. The van der Waals surface area contributed by atoms with Gasteiger partial charge in [-0.2, -0.15) is 0 Å². The first-order chi connectivity index (χ1) is 11.8. The van der Waals surface area contributed by atoms with Crippen molar-refractivity contribution in [2.24, 2.45) is 0 Å². The zero-order chi connectivity index (χ0) is 18.6. The molecule has 0 aliphatic heterocycles. The third-order valence-corrected chi connectivity index (χ3v) is 3.61. The highest BCUT2D eigenvalue weighted by Gasteiger charge is 2.20. The van der Waals surface area contributed by atoms with Crippen LogP contribution in [0.3, 0.4) is 0 Å². The fraction of sp³-hybridized carbons (Fsp3) is 0.176. The van der Waals surface area contributed by atoms with E-state index in [1.54, 1.807) is 12.1 Å². The number of ether oxygens (including phenoxy) is 1. The number of amides is 2. The third-order valence-electron chi connectivity index (χ3n) is 3.32. The fourth-order valence-electron chi connectivity index (χ4n) is 2.15. The van der Waals surface area contributed by atoms with Crippen molar-refractivity contribution >= 4 is 34.8 Å². The van der Waals surface area contributed by atoms with Crippen molar-refractivity contribution in [1.82, 2.24) is 0 Å². The van der Waals surface area contributed by atoms with Crippen LogP contribution in [0.25, 0.3) is 0 Å². The summed E-state index contributed by atoms with van der Waals surface area (Å²) in [7, 11) is 1.46. The smallest absolute Gasteiger partial charge is 0.244 e. The van der Waals surface area contributed by atoms with Crippen LogP contribution in [-0.2, 0) is 9.59 Å². The summed E-state index contributed by atoms with van der Waals surface area (Å²) in [6.07, 6.45) is 0. The van der Waals surface area contributed by atoms with Gasteiger partial charge in [0, 0.05) is 18.7 Å². The molecule has 0 atom stereocenters. The summed E-state index contributed by atoms with van der Waals surface area (Å²) in [5.74, 6) is -2.40. The van der Waals surface area contributed by atoms with Gasteiger partial charge in [0.15, 0.2) is 0 Å². The SMILES string of the molecule is COc1ccc(NC(=O)CN(C(C)=O)c2ccc(F)cc2F)cc1Cl. The fourth-order valence-corrected chi connectivity index (χ4v) is 2.41. The van der Waals surface area contributed by atoms with Crippen molar-refractivity contribution in [2.45, 2.75) is 6.92 Å². The molecule has 2 aromatic rings. The Bertz CT molecular complexity index is 814. The number of nitrogens with one attached hydrogen (secondary N) is 1. The minimum atomic E-state index is -0.935. The maximum Gasteiger partial charge on any atom is 0.244 e. The Morgan fingerprint density at radius 3 is 2.48 bits per heavy atom. The molecule has 0 heterocycles. The first-order valence-electron chi connectivity index (χ1n) is 7.18. The van der Waals surface area contributed by atoms with Crippen LogP contribution >= 0.6 is 11.6 Å². The third kappa shape index (κ3) is 4.67. The summed E-state index contributed by atoms with van der Waals surface area (Å²) in [5.41, 5.74) is 0.204. The zero-order valence-corrected chi connectivity index (χ0v) is 14.2. The van der Waals surface area contributed by atoms with Crippen LogP contribution in [0.2, 0.25) is 5.02 Å². The van der Waals surface area contributed by atoms with Crippen LogP contribution in [0.5, 0.6) is 5.75 Å². The Morgan fingerprint density at radius 2 is 1.92 bits per heavy atom. The Morgan fingerprint density at radius 1 is 1.20 bits per heavy atom. The number of methoxy groups -OCH3 is 1. The molecule has 0 aromatic heterocycles. The molecule has 0 unspecified atom stereocenters. The molecule has 0 bridgehead atoms. The molecule has 8 heteroatoms. The second kappa shape index (κ2) is 7.94. The minimum absolute atomic E-state index is 0.184. The van der Waals surface area contributed by atoms with Crippen LogP contribution in [0.15, 0.2) is 36.4 Å². The highest BCUT2D eigenvalue weighted by atomic mass is 35.5. The molecular weight excluding hydrogens is 354 g/mol. The summed E-state index contributed by atoms with van der Waals surface area (Å²) in [4.78, 5) is 24.8. The van der Waals surface area contributed by atoms with Gasteiger partial charge in [0.2, 0.25) is 11.8 Å². The van der Waals surface area contributed by atoms with E-state index >= 15 is 0 Å². The Kier molecular flexibility index (Phi) is 5.93. The topological polar surface area (TPSA) is 58.6 Å².